The zero-order chi connectivity index (χ0) is 28.8. The van der Waals surface area contributed by atoms with Gasteiger partial charge in [-0.25, -0.2) is 4.79 Å². The second-order valence-electron chi connectivity index (χ2n) is 10.5. The van der Waals surface area contributed by atoms with Crippen LogP contribution in [0.4, 0.5) is 0 Å². The fraction of sp³-hybridized carbons (Fsp3) is 0.696. The summed E-state index contributed by atoms with van der Waals surface area (Å²) in [6.45, 7) is 22.7. The van der Waals surface area contributed by atoms with Gasteiger partial charge in [-0.15, -0.1) is 0 Å². The van der Waals surface area contributed by atoms with Crippen molar-refractivity contribution in [3.05, 3.63) is 25.0 Å². The van der Waals surface area contributed by atoms with E-state index in [9.17, 15) is 14.9 Å². The Labute approximate surface area is 228 Å². The topological polar surface area (TPSA) is 123 Å². The molecule has 0 radical (unpaired) electrons. The third-order valence-corrected chi connectivity index (χ3v) is 16.6. The molecule has 0 N–H and O–H groups in total. The minimum Gasteiger partial charge on any atom is -0.465 e. The predicted molar refractivity (Wildman–Crippen MR) is 151 cm³/mol. The molecule has 0 aliphatic rings. The van der Waals surface area contributed by atoms with Crippen molar-refractivity contribution in [1.82, 2.24) is 0 Å². The molecule has 0 bridgehead atoms. The molecule has 0 aromatic rings. The lowest BCUT2D eigenvalue weighted by Crippen LogP contribution is -2.47. The molecule has 212 valence electrons. The Hall–Kier alpha value is -1.58. The van der Waals surface area contributed by atoms with Gasteiger partial charge in [-0.3, -0.25) is 4.79 Å². The standard InChI is InChI=1S/C23H45NO9Si4/c1-11-20(25)27-14-15-29-30-19(2)23(5,18-24)17-22(3,4)21(26)28-13-12-16-36(7,8)33-37(9,10)32-35-31-34-6/h11H,1-2,12-17,34-35H2,3-10H3. The van der Waals surface area contributed by atoms with Crippen LogP contribution in [-0.2, 0) is 41.2 Å². The Balaban J connectivity index is 4.68. The number of rotatable bonds is 20. The van der Waals surface area contributed by atoms with Crippen molar-refractivity contribution in [3.8, 4) is 6.07 Å². The lowest BCUT2D eigenvalue weighted by Gasteiger charge is -2.34. The van der Waals surface area contributed by atoms with Gasteiger partial charge in [0, 0.05) is 6.08 Å². The Morgan fingerprint density at radius 3 is 2.30 bits per heavy atom. The largest absolute Gasteiger partial charge is 0.465 e. The molecule has 0 rings (SSSR count). The van der Waals surface area contributed by atoms with Crippen LogP contribution in [0.2, 0.25) is 38.8 Å². The van der Waals surface area contributed by atoms with Gasteiger partial charge in [0.1, 0.15) is 28.4 Å². The van der Waals surface area contributed by atoms with Gasteiger partial charge in [0.2, 0.25) is 0 Å². The smallest absolute Gasteiger partial charge is 0.330 e. The zero-order valence-corrected chi connectivity index (χ0v) is 28.6. The fourth-order valence-electron chi connectivity index (χ4n) is 3.47. The molecule has 0 spiro atoms. The SMILES string of the molecule is C=CC(=O)OCCOOC(=C)C(C)(C#N)CC(C)(C)C(=O)OCCC[Si](C)(C)O[Si](C)(C)O[SiH2]O[SiH2]C. The van der Waals surface area contributed by atoms with Crippen LogP contribution in [0.1, 0.15) is 33.6 Å². The number of carbonyl (C=O) groups excluding carboxylic acids is 2. The number of carbonyl (C=O) groups is 2. The summed E-state index contributed by atoms with van der Waals surface area (Å²) in [4.78, 5) is 34.0. The van der Waals surface area contributed by atoms with Crippen LogP contribution in [0, 0.1) is 22.2 Å². The number of ether oxygens (including phenoxy) is 2. The van der Waals surface area contributed by atoms with Gasteiger partial charge >= 0.3 is 20.5 Å². The van der Waals surface area contributed by atoms with Crippen LogP contribution < -0.4 is 0 Å². The average Bonchev–Trinajstić information content (AvgIpc) is 2.79. The van der Waals surface area contributed by atoms with Gasteiger partial charge in [0.25, 0.3) is 10.0 Å². The van der Waals surface area contributed by atoms with Crippen molar-refractivity contribution < 1.29 is 41.2 Å². The molecule has 0 aromatic carbocycles. The van der Waals surface area contributed by atoms with Crippen LogP contribution in [0.15, 0.2) is 25.0 Å². The predicted octanol–water partition coefficient (Wildman–Crippen LogP) is 3.14. The summed E-state index contributed by atoms with van der Waals surface area (Å²) in [5.41, 5.74) is -2.19. The van der Waals surface area contributed by atoms with E-state index < -0.39 is 59.4 Å². The quantitative estimate of drug-likeness (QED) is 0.0397. The maximum Gasteiger partial charge on any atom is 0.330 e. The van der Waals surface area contributed by atoms with Crippen molar-refractivity contribution in [3.63, 3.8) is 0 Å². The highest BCUT2D eigenvalue weighted by atomic mass is 28.5. The van der Waals surface area contributed by atoms with Gasteiger partial charge in [-0.1, -0.05) is 19.7 Å². The number of hydrogen-bond acceptors (Lipinski definition) is 10. The molecule has 14 heteroatoms. The lowest BCUT2D eigenvalue weighted by atomic mass is 9.74. The Bertz CT molecular complexity index is 815. The first-order valence-corrected chi connectivity index (χ1v) is 21.4. The van der Waals surface area contributed by atoms with Crippen LogP contribution >= 0.6 is 0 Å². The first-order chi connectivity index (χ1) is 17.0. The molecule has 1 atom stereocenters. The maximum atomic E-state index is 12.8. The summed E-state index contributed by atoms with van der Waals surface area (Å²) < 4.78 is 28.3. The zero-order valence-electron chi connectivity index (χ0n) is 23.8. The van der Waals surface area contributed by atoms with Gasteiger partial charge in [0.05, 0.1) is 18.1 Å². The summed E-state index contributed by atoms with van der Waals surface area (Å²) in [5, 5.41) is 9.77. The van der Waals surface area contributed by atoms with Crippen molar-refractivity contribution in [2.45, 2.75) is 72.4 Å². The molecular formula is C23H45NO9Si4. The van der Waals surface area contributed by atoms with Crippen LogP contribution in [0.5, 0.6) is 0 Å². The highest BCUT2D eigenvalue weighted by Crippen LogP contribution is 2.39. The van der Waals surface area contributed by atoms with Crippen LogP contribution in [0.25, 0.3) is 0 Å². The molecule has 1 unspecified atom stereocenters. The van der Waals surface area contributed by atoms with Crippen molar-refractivity contribution in [2.24, 2.45) is 10.8 Å². The highest BCUT2D eigenvalue weighted by Gasteiger charge is 2.42. The van der Waals surface area contributed by atoms with E-state index in [0.717, 1.165) is 12.1 Å². The van der Waals surface area contributed by atoms with Gasteiger partial charge in [-0.05, 0) is 65.8 Å². The molecule has 0 aliphatic heterocycles. The number of nitriles is 1. The summed E-state index contributed by atoms with van der Waals surface area (Å²) in [7, 11) is -5.63. The maximum absolute atomic E-state index is 12.8. The molecule has 0 amide bonds. The van der Waals surface area contributed by atoms with E-state index in [1.807, 2.05) is 13.1 Å². The molecule has 37 heavy (non-hydrogen) atoms. The van der Waals surface area contributed by atoms with Crippen LogP contribution in [-0.4, -0.2) is 68.4 Å². The normalized spacial score (nSPS) is 14.4. The summed E-state index contributed by atoms with van der Waals surface area (Å²) in [5.74, 6) is -0.952. The molecular weight excluding hydrogens is 547 g/mol. The monoisotopic (exact) mass is 591 g/mol. The third-order valence-electron chi connectivity index (χ3n) is 5.32. The minimum absolute atomic E-state index is 0.0413. The minimum atomic E-state index is -2.23. The van der Waals surface area contributed by atoms with Gasteiger partial charge in [0.15, 0.2) is 14.1 Å². The van der Waals surface area contributed by atoms with E-state index in [4.69, 9.17) is 31.6 Å². The molecule has 0 saturated heterocycles. The Kier molecular flexibility index (Phi) is 15.7. The van der Waals surface area contributed by atoms with E-state index in [1.165, 1.54) is 0 Å². The number of nitrogens with zero attached hydrogens (tertiary/aromatic N) is 1. The molecule has 0 aromatic heterocycles. The van der Waals surface area contributed by atoms with Crippen molar-refractivity contribution in [2.75, 3.05) is 19.8 Å². The molecule has 0 aliphatic carbocycles. The molecule has 0 fully saturated rings. The second-order valence-corrected chi connectivity index (χ2v) is 21.7. The first kappa shape index (κ1) is 35.4. The fourth-order valence-corrected chi connectivity index (χ4v) is 13.8. The molecule has 0 saturated carbocycles. The van der Waals surface area contributed by atoms with Crippen molar-refractivity contribution >= 4 is 48.6 Å². The Morgan fingerprint density at radius 1 is 1.08 bits per heavy atom. The van der Waals surface area contributed by atoms with Crippen LogP contribution in [0.3, 0.4) is 0 Å². The van der Waals surface area contributed by atoms with E-state index in [2.05, 4.69) is 38.9 Å². The molecule has 0 heterocycles. The molecule has 10 nitrogen and oxygen atoms in total. The number of esters is 2. The van der Waals surface area contributed by atoms with E-state index in [1.54, 1.807) is 20.8 Å². The summed E-state index contributed by atoms with van der Waals surface area (Å²) in [6.07, 6.45) is 1.82. The van der Waals surface area contributed by atoms with E-state index in [-0.39, 0.29) is 32.0 Å². The van der Waals surface area contributed by atoms with Gasteiger partial charge in [-0.2, -0.15) is 10.1 Å². The summed E-state index contributed by atoms with van der Waals surface area (Å²) >= 11 is 0. The first-order valence-electron chi connectivity index (χ1n) is 12.3. The average molecular weight is 592 g/mol. The third kappa shape index (κ3) is 14.8. The lowest BCUT2D eigenvalue weighted by molar-refractivity contribution is -0.275. The summed E-state index contributed by atoms with van der Waals surface area (Å²) in [6, 6.07) is 2.98. The van der Waals surface area contributed by atoms with Crippen molar-refractivity contribution in [1.29, 1.82) is 5.26 Å². The van der Waals surface area contributed by atoms with E-state index >= 15 is 0 Å². The van der Waals surface area contributed by atoms with E-state index in [0.29, 0.717) is 6.42 Å². The number of allylic oxidation sites excluding steroid dienone is 1. The number of hydrogen-bond donors (Lipinski definition) is 0. The van der Waals surface area contributed by atoms with Gasteiger partial charge < -0.3 is 26.7 Å². The Morgan fingerprint density at radius 2 is 1.73 bits per heavy atom. The second kappa shape index (κ2) is 16.4. The highest BCUT2D eigenvalue weighted by molar-refractivity contribution is 6.83.